The Morgan fingerprint density at radius 2 is 1.48 bits per heavy atom. The third kappa shape index (κ3) is 2.00. The smallest absolute Gasteiger partial charge is 0.326 e. The molecule has 4 aliphatic carbocycles. The van der Waals surface area contributed by atoms with Gasteiger partial charge in [0.25, 0.3) is 0 Å². The number of carboxylic acid groups (broad SMARTS) is 1. The lowest BCUT2D eigenvalue weighted by Gasteiger charge is -2.56. The van der Waals surface area contributed by atoms with E-state index in [4.69, 9.17) is 0 Å². The number of rotatable bonds is 2. The standard InChI is InChI=1S/C16H23NO4/c18-12-4-13(14(19)20)17(8-12)15(21)16-5-9-1-10(6-16)3-11(2-9)7-16/h9-13,18H,1-8H2,(H,19,20). The molecule has 116 valence electrons. The fourth-order valence-electron chi connectivity index (χ4n) is 5.95. The fourth-order valence-corrected chi connectivity index (χ4v) is 5.95. The number of nitrogens with zero attached hydrogens (tertiary/aromatic N) is 1. The molecule has 0 aromatic carbocycles. The van der Waals surface area contributed by atoms with Crippen LogP contribution in [0.25, 0.3) is 0 Å². The zero-order valence-corrected chi connectivity index (χ0v) is 12.2. The summed E-state index contributed by atoms with van der Waals surface area (Å²) in [5, 5.41) is 19.1. The predicted molar refractivity (Wildman–Crippen MR) is 74.4 cm³/mol. The number of aliphatic carboxylic acids is 1. The lowest BCUT2D eigenvalue weighted by Crippen LogP contribution is -2.56. The van der Waals surface area contributed by atoms with Gasteiger partial charge in [-0.3, -0.25) is 4.79 Å². The summed E-state index contributed by atoms with van der Waals surface area (Å²) in [5.74, 6) is 1.03. The average Bonchev–Trinajstić information content (AvgIpc) is 2.78. The second-order valence-corrected chi connectivity index (χ2v) is 7.90. The third-order valence-corrected chi connectivity index (χ3v) is 6.32. The van der Waals surface area contributed by atoms with Crippen molar-refractivity contribution in [2.45, 2.75) is 57.1 Å². The van der Waals surface area contributed by atoms with Crippen molar-refractivity contribution in [3.05, 3.63) is 0 Å². The van der Waals surface area contributed by atoms with Crippen molar-refractivity contribution in [1.29, 1.82) is 0 Å². The van der Waals surface area contributed by atoms with Crippen molar-refractivity contribution in [2.24, 2.45) is 23.2 Å². The SMILES string of the molecule is O=C(O)C1CC(O)CN1C(=O)C12CC3CC(CC(C3)C1)C2. The number of carbonyl (C=O) groups excluding carboxylic acids is 1. The van der Waals surface area contributed by atoms with Gasteiger partial charge in [0.2, 0.25) is 5.91 Å². The van der Waals surface area contributed by atoms with Gasteiger partial charge in [0.05, 0.1) is 11.5 Å². The Morgan fingerprint density at radius 3 is 1.95 bits per heavy atom. The zero-order valence-electron chi connectivity index (χ0n) is 12.2. The van der Waals surface area contributed by atoms with Gasteiger partial charge in [-0.05, 0) is 56.3 Å². The first-order chi connectivity index (χ1) is 9.97. The molecular formula is C16H23NO4. The van der Waals surface area contributed by atoms with E-state index in [9.17, 15) is 19.8 Å². The predicted octanol–water partition coefficient (Wildman–Crippen LogP) is 1.25. The molecule has 0 radical (unpaired) electrons. The normalized spacial score (nSPS) is 47.9. The van der Waals surface area contributed by atoms with E-state index >= 15 is 0 Å². The summed E-state index contributed by atoms with van der Waals surface area (Å²) >= 11 is 0. The Hall–Kier alpha value is -1.10. The minimum absolute atomic E-state index is 0.0190. The molecule has 0 spiro atoms. The van der Waals surface area contributed by atoms with E-state index in [1.165, 1.54) is 24.2 Å². The largest absolute Gasteiger partial charge is 0.480 e. The Labute approximate surface area is 124 Å². The molecule has 2 atom stereocenters. The van der Waals surface area contributed by atoms with Gasteiger partial charge in [0.1, 0.15) is 6.04 Å². The molecule has 0 aromatic heterocycles. The third-order valence-electron chi connectivity index (χ3n) is 6.32. The van der Waals surface area contributed by atoms with Gasteiger partial charge in [-0.25, -0.2) is 4.79 Å². The summed E-state index contributed by atoms with van der Waals surface area (Å²) in [4.78, 5) is 26.0. The highest BCUT2D eigenvalue weighted by atomic mass is 16.4. The zero-order chi connectivity index (χ0) is 14.8. The second-order valence-electron chi connectivity index (χ2n) is 7.90. The molecule has 5 aliphatic rings. The summed E-state index contributed by atoms with van der Waals surface area (Å²) in [7, 11) is 0. The number of likely N-dealkylation sites (tertiary alicyclic amines) is 1. The van der Waals surface area contributed by atoms with Crippen LogP contribution in [0.3, 0.4) is 0 Å². The van der Waals surface area contributed by atoms with Gasteiger partial charge >= 0.3 is 5.97 Å². The maximum Gasteiger partial charge on any atom is 0.326 e. The second kappa shape index (κ2) is 4.45. The topological polar surface area (TPSA) is 77.8 Å². The van der Waals surface area contributed by atoms with Crippen LogP contribution in [-0.2, 0) is 9.59 Å². The van der Waals surface area contributed by atoms with Crippen LogP contribution in [0, 0.1) is 23.2 Å². The minimum atomic E-state index is -0.982. The van der Waals surface area contributed by atoms with Crippen molar-refractivity contribution in [2.75, 3.05) is 6.54 Å². The Balaban J connectivity index is 1.61. The molecule has 4 saturated carbocycles. The summed E-state index contributed by atoms with van der Waals surface area (Å²) in [6.07, 6.45) is 6.09. The van der Waals surface area contributed by atoms with E-state index in [1.54, 1.807) is 0 Å². The minimum Gasteiger partial charge on any atom is -0.480 e. The molecule has 5 rings (SSSR count). The van der Waals surface area contributed by atoms with E-state index in [-0.39, 0.29) is 24.3 Å². The maximum absolute atomic E-state index is 13.1. The number of β-amino-alcohol motifs (C(OH)–C–C–N with tert-alkyl or cyclic N) is 1. The van der Waals surface area contributed by atoms with Crippen molar-refractivity contribution < 1.29 is 19.8 Å². The van der Waals surface area contributed by atoms with Crippen molar-refractivity contribution in [1.82, 2.24) is 4.90 Å². The van der Waals surface area contributed by atoms with Gasteiger partial charge in [0.15, 0.2) is 0 Å². The van der Waals surface area contributed by atoms with Crippen molar-refractivity contribution in [3.63, 3.8) is 0 Å². The van der Waals surface area contributed by atoms with Gasteiger partial charge in [-0.2, -0.15) is 0 Å². The summed E-state index contributed by atoms with van der Waals surface area (Å²) in [6.45, 7) is 0.192. The molecule has 5 heteroatoms. The Morgan fingerprint density at radius 1 is 0.952 bits per heavy atom. The molecule has 21 heavy (non-hydrogen) atoms. The molecule has 5 fully saturated rings. The van der Waals surface area contributed by atoms with Crippen LogP contribution in [0.2, 0.25) is 0 Å². The molecule has 2 N–H and O–H groups in total. The molecule has 5 nitrogen and oxygen atoms in total. The lowest BCUT2D eigenvalue weighted by molar-refractivity contribution is -0.163. The highest BCUT2D eigenvalue weighted by molar-refractivity contribution is 5.88. The van der Waals surface area contributed by atoms with Crippen LogP contribution in [-0.4, -0.2) is 45.7 Å². The van der Waals surface area contributed by atoms with E-state index < -0.39 is 18.1 Å². The van der Waals surface area contributed by atoms with Gasteiger partial charge in [-0.1, -0.05) is 0 Å². The van der Waals surface area contributed by atoms with Crippen LogP contribution < -0.4 is 0 Å². The maximum atomic E-state index is 13.1. The van der Waals surface area contributed by atoms with Gasteiger partial charge < -0.3 is 15.1 Å². The highest BCUT2D eigenvalue weighted by Crippen LogP contribution is 2.60. The average molecular weight is 293 g/mol. The molecule has 0 aromatic rings. The molecule has 1 heterocycles. The van der Waals surface area contributed by atoms with Gasteiger partial charge in [-0.15, -0.1) is 0 Å². The van der Waals surface area contributed by atoms with Crippen LogP contribution >= 0.6 is 0 Å². The quantitative estimate of drug-likeness (QED) is 0.803. The van der Waals surface area contributed by atoms with Gasteiger partial charge in [0, 0.05) is 13.0 Å². The molecule has 4 bridgehead atoms. The molecule has 1 amide bonds. The van der Waals surface area contributed by atoms with Crippen LogP contribution in [0.5, 0.6) is 0 Å². The van der Waals surface area contributed by atoms with Crippen LogP contribution in [0.4, 0.5) is 0 Å². The number of aliphatic hydroxyl groups excluding tert-OH is 1. The molecule has 1 aliphatic heterocycles. The molecule has 1 saturated heterocycles. The number of amides is 1. The Bertz CT molecular complexity index is 453. The number of hydrogen-bond donors (Lipinski definition) is 2. The van der Waals surface area contributed by atoms with Crippen LogP contribution in [0.15, 0.2) is 0 Å². The Kier molecular flexibility index (Phi) is 2.87. The van der Waals surface area contributed by atoms with E-state index in [0.29, 0.717) is 17.8 Å². The van der Waals surface area contributed by atoms with E-state index in [1.807, 2.05) is 0 Å². The summed E-state index contributed by atoms with van der Waals surface area (Å²) in [5.41, 5.74) is -0.313. The van der Waals surface area contributed by atoms with Crippen molar-refractivity contribution >= 4 is 11.9 Å². The van der Waals surface area contributed by atoms with E-state index in [2.05, 4.69) is 0 Å². The number of aliphatic hydroxyl groups is 1. The summed E-state index contributed by atoms with van der Waals surface area (Å²) in [6, 6.07) is -0.833. The van der Waals surface area contributed by atoms with Crippen LogP contribution in [0.1, 0.15) is 44.9 Å². The molecule has 2 unspecified atom stereocenters. The first kappa shape index (κ1) is 13.6. The fraction of sp³-hybridized carbons (Fsp3) is 0.875. The number of carboxylic acids is 1. The lowest BCUT2D eigenvalue weighted by atomic mass is 9.49. The first-order valence-electron chi connectivity index (χ1n) is 8.19. The first-order valence-corrected chi connectivity index (χ1v) is 8.19. The highest BCUT2D eigenvalue weighted by Gasteiger charge is 2.57. The van der Waals surface area contributed by atoms with Crippen molar-refractivity contribution in [3.8, 4) is 0 Å². The number of hydrogen-bond acceptors (Lipinski definition) is 3. The molecular weight excluding hydrogens is 270 g/mol. The number of carbonyl (C=O) groups is 2. The van der Waals surface area contributed by atoms with E-state index in [0.717, 1.165) is 19.3 Å². The summed E-state index contributed by atoms with van der Waals surface area (Å²) < 4.78 is 0. The monoisotopic (exact) mass is 293 g/mol.